The number of nitrogens with zero attached hydrogens (tertiary/aromatic N) is 1. The first-order valence-corrected chi connectivity index (χ1v) is 9.89. The molecule has 0 atom stereocenters. The number of benzene rings is 2. The van der Waals surface area contributed by atoms with Gasteiger partial charge in [0.2, 0.25) is 0 Å². The average molecular weight is 369 g/mol. The Kier molecular flexibility index (Phi) is 5.56. The van der Waals surface area contributed by atoms with Crippen LogP contribution in [-0.2, 0) is 5.75 Å². The Hall–Kier alpha value is -2.11. The number of anilines is 1. The average Bonchev–Trinajstić information content (AvgIpc) is 2.98. The van der Waals surface area contributed by atoms with Gasteiger partial charge in [-0.25, -0.2) is 4.98 Å². The molecule has 1 aromatic heterocycles. The summed E-state index contributed by atoms with van der Waals surface area (Å²) in [5, 5.41) is 6.15. The summed E-state index contributed by atoms with van der Waals surface area (Å²) in [6.45, 7) is 6.07. The number of thiazole rings is 1. The van der Waals surface area contributed by atoms with E-state index in [4.69, 9.17) is 0 Å². The molecule has 1 amide bonds. The molecule has 0 fully saturated rings. The van der Waals surface area contributed by atoms with E-state index in [2.05, 4.69) is 21.7 Å². The quantitative estimate of drug-likeness (QED) is 0.595. The number of aromatic nitrogens is 1. The maximum Gasteiger partial charge on any atom is 0.255 e. The molecule has 0 bridgehead atoms. The van der Waals surface area contributed by atoms with Gasteiger partial charge in [-0.3, -0.25) is 4.79 Å². The van der Waals surface area contributed by atoms with Crippen LogP contribution in [0.3, 0.4) is 0 Å². The molecule has 0 spiro atoms. The van der Waals surface area contributed by atoms with Crippen molar-refractivity contribution in [2.45, 2.75) is 31.4 Å². The van der Waals surface area contributed by atoms with Crippen LogP contribution in [0.4, 0.5) is 5.69 Å². The SMILES string of the molecule is Cc1cc(C)cc(NC(=O)c2ccc(SCc3csc(C)n3)cc2)c1. The predicted octanol–water partition coefficient (Wildman–Crippen LogP) is 5.61. The number of amides is 1. The van der Waals surface area contributed by atoms with Gasteiger partial charge < -0.3 is 5.32 Å². The first-order valence-electron chi connectivity index (χ1n) is 8.03. The fourth-order valence-electron chi connectivity index (χ4n) is 2.58. The van der Waals surface area contributed by atoms with Crippen LogP contribution in [0.1, 0.15) is 32.2 Å². The molecule has 3 rings (SSSR count). The van der Waals surface area contributed by atoms with E-state index in [0.29, 0.717) is 5.56 Å². The summed E-state index contributed by atoms with van der Waals surface area (Å²) in [6, 6.07) is 13.8. The minimum atomic E-state index is -0.0864. The molecule has 0 aliphatic carbocycles. The zero-order chi connectivity index (χ0) is 17.8. The van der Waals surface area contributed by atoms with Crippen molar-refractivity contribution in [1.82, 2.24) is 4.98 Å². The van der Waals surface area contributed by atoms with Gasteiger partial charge in [-0.2, -0.15) is 0 Å². The number of rotatable bonds is 5. The smallest absolute Gasteiger partial charge is 0.255 e. The minimum Gasteiger partial charge on any atom is -0.322 e. The summed E-state index contributed by atoms with van der Waals surface area (Å²) < 4.78 is 0. The predicted molar refractivity (Wildman–Crippen MR) is 107 cm³/mol. The van der Waals surface area contributed by atoms with Gasteiger partial charge in [0.1, 0.15) is 0 Å². The van der Waals surface area contributed by atoms with E-state index in [0.717, 1.165) is 38.2 Å². The van der Waals surface area contributed by atoms with Gasteiger partial charge in [0, 0.05) is 27.3 Å². The summed E-state index contributed by atoms with van der Waals surface area (Å²) in [4.78, 5) is 18.0. The van der Waals surface area contributed by atoms with Crippen molar-refractivity contribution in [1.29, 1.82) is 0 Å². The standard InChI is InChI=1S/C20H20N2OS2/c1-13-8-14(2)10-17(9-13)22-20(23)16-4-6-19(7-5-16)25-12-18-11-24-15(3)21-18/h4-11H,12H2,1-3H3,(H,22,23). The van der Waals surface area contributed by atoms with Crippen molar-refractivity contribution in [2.24, 2.45) is 0 Å². The van der Waals surface area contributed by atoms with Gasteiger partial charge in [0.15, 0.2) is 0 Å². The van der Waals surface area contributed by atoms with E-state index in [1.165, 1.54) is 0 Å². The Morgan fingerprint density at radius 1 is 1.08 bits per heavy atom. The molecule has 3 aromatic rings. The summed E-state index contributed by atoms with van der Waals surface area (Å²) in [5.74, 6) is 0.759. The highest BCUT2D eigenvalue weighted by atomic mass is 32.2. The highest BCUT2D eigenvalue weighted by Crippen LogP contribution is 2.24. The Labute approximate surface area is 156 Å². The topological polar surface area (TPSA) is 42.0 Å². The summed E-state index contributed by atoms with van der Waals surface area (Å²) in [7, 11) is 0. The third-order valence-corrected chi connectivity index (χ3v) is 5.52. The molecule has 1 heterocycles. The van der Waals surface area contributed by atoms with Crippen molar-refractivity contribution in [3.63, 3.8) is 0 Å². The maximum absolute atomic E-state index is 12.4. The minimum absolute atomic E-state index is 0.0864. The molecule has 25 heavy (non-hydrogen) atoms. The number of thioether (sulfide) groups is 1. The van der Waals surface area contributed by atoms with Gasteiger partial charge in [-0.1, -0.05) is 6.07 Å². The molecular formula is C20H20N2OS2. The van der Waals surface area contributed by atoms with E-state index in [9.17, 15) is 4.79 Å². The Bertz CT molecular complexity index is 865. The van der Waals surface area contributed by atoms with Crippen LogP contribution in [0.2, 0.25) is 0 Å². The van der Waals surface area contributed by atoms with Crippen LogP contribution in [0.15, 0.2) is 52.7 Å². The number of carbonyl (C=O) groups is 1. The molecule has 0 unspecified atom stereocenters. The summed E-state index contributed by atoms with van der Waals surface area (Å²) >= 11 is 3.40. The molecule has 0 saturated heterocycles. The molecule has 0 radical (unpaired) electrons. The molecule has 0 aliphatic heterocycles. The van der Waals surface area contributed by atoms with E-state index in [1.807, 2.05) is 57.2 Å². The number of carbonyl (C=O) groups excluding carboxylic acids is 1. The highest BCUT2D eigenvalue weighted by Gasteiger charge is 2.07. The van der Waals surface area contributed by atoms with Crippen LogP contribution in [0, 0.1) is 20.8 Å². The molecule has 0 aliphatic rings. The van der Waals surface area contributed by atoms with Crippen molar-refractivity contribution in [2.75, 3.05) is 5.32 Å². The first kappa shape index (κ1) is 17.7. The van der Waals surface area contributed by atoms with Gasteiger partial charge in [-0.15, -0.1) is 23.1 Å². The van der Waals surface area contributed by atoms with Gasteiger partial charge in [-0.05, 0) is 68.3 Å². The van der Waals surface area contributed by atoms with Crippen molar-refractivity contribution >= 4 is 34.7 Å². The van der Waals surface area contributed by atoms with Crippen molar-refractivity contribution in [3.05, 3.63) is 75.2 Å². The van der Waals surface area contributed by atoms with Crippen LogP contribution in [-0.4, -0.2) is 10.9 Å². The molecule has 1 N–H and O–H groups in total. The van der Waals surface area contributed by atoms with Gasteiger partial charge in [0.25, 0.3) is 5.91 Å². The molecule has 2 aromatic carbocycles. The van der Waals surface area contributed by atoms with E-state index in [1.54, 1.807) is 23.1 Å². The van der Waals surface area contributed by atoms with Crippen LogP contribution in [0.5, 0.6) is 0 Å². The lowest BCUT2D eigenvalue weighted by molar-refractivity contribution is 0.102. The van der Waals surface area contributed by atoms with E-state index < -0.39 is 0 Å². The monoisotopic (exact) mass is 368 g/mol. The van der Waals surface area contributed by atoms with Crippen molar-refractivity contribution in [3.8, 4) is 0 Å². The van der Waals surface area contributed by atoms with Gasteiger partial charge in [0.05, 0.1) is 10.7 Å². The molecule has 3 nitrogen and oxygen atoms in total. The Morgan fingerprint density at radius 3 is 2.36 bits per heavy atom. The Morgan fingerprint density at radius 2 is 1.76 bits per heavy atom. The number of aryl methyl sites for hydroxylation is 3. The molecule has 5 heteroatoms. The zero-order valence-electron chi connectivity index (χ0n) is 14.5. The van der Waals surface area contributed by atoms with Gasteiger partial charge >= 0.3 is 0 Å². The Balaban J connectivity index is 1.62. The van der Waals surface area contributed by atoms with Crippen LogP contribution < -0.4 is 5.32 Å². The molecule has 0 saturated carbocycles. The summed E-state index contributed by atoms with van der Waals surface area (Å²) in [5.41, 5.74) is 4.87. The third kappa shape index (κ3) is 4.94. The van der Waals surface area contributed by atoms with E-state index >= 15 is 0 Å². The van der Waals surface area contributed by atoms with E-state index in [-0.39, 0.29) is 5.91 Å². The number of hydrogen-bond acceptors (Lipinski definition) is 4. The van der Waals surface area contributed by atoms with Crippen LogP contribution in [0.25, 0.3) is 0 Å². The third-order valence-electron chi connectivity index (χ3n) is 3.65. The fraction of sp³-hybridized carbons (Fsp3) is 0.200. The fourth-order valence-corrected chi connectivity index (χ4v) is 4.09. The number of hydrogen-bond donors (Lipinski definition) is 1. The first-order chi connectivity index (χ1) is 12.0. The lowest BCUT2D eigenvalue weighted by Crippen LogP contribution is -2.11. The second-order valence-electron chi connectivity index (χ2n) is 6.00. The summed E-state index contributed by atoms with van der Waals surface area (Å²) in [6.07, 6.45) is 0. The van der Waals surface area contributed by atoms with Crippen molar-refractivity contribution < 1.29 is 4.79 Å². The maximum atomic E-state index is 12.4. The normalized spacial score (nSPS) is 10.7. The molecule has 128 valence electrons. The highest BCUT2D eigenvalue weighted by molar-refractivity contribution is 7.98. The van der Waals surface area contributed by atoms with Crippen LogP contribution >= 0.6 is 23.1 Å². The second-order valence-corrected chi connectivity index (χ2v) is 8.11. The second kappa shape index (κ2) is 7.85. The largest absolute Gasteiger partial charge is 0.322 e. The lowest BCUT2D eigenvalue weighted by atomic mass is 10.1. The zero-order valence-corrected chi connectivity index (χ0v) is 16.1. The lowest BCUT2D eigenvalue weighted by Gasteiger charge is -2.08. The number of nitrogens with one attached hydrogen (secondary N) is 1. The molecular weight excluding hydrogens is 348 g/mol.